The summed E-state index contributed by atoms with van der Waals surface area (Å²) in [6.07, 6.45) is 1.42. The topological polar surface area (TPSA) is 123 Å². The first-order valence-corrected chi connectivity index (χ1v) is 6.48. The average Bonchev–Trinajstić information content (AvgIpc) is 2.49. The van der Waals surface area contributed by atoms with E-state index < -0.39 is 10.8 Å². The van der Waals surface area contributed by atoms with Crippen molar-refractivity contribution >= 4 is 38.9 Å². The zero-order valence-corrected chi connectivity index (χ0v) is 12.1. The lowest BCUT2D eigenvalue weighted by molar-refractivity contribution is -0.384. The van der Waals surface area contributed by atoms with Crippen LogP contribution >= 0.6 is 15.9 Å². The predicted molar refractivity (Wildman–Crippen MR) is 80.8 cm³/mol. The van der Waals surface area contributed by atoms with E-state index >= 15 is 0 Å². The van der Waals surface area contributed by atoms with Crippen LogP contribution in [0.15, 0.2) is 41.0 Å². The van der Waals surface area contributed by atoms with Crippen molar-refractivity contribution in [2.24, 2.45) is 5.84 Å². The highest BCUT2D eigenvalue weighted by Gasteiger charge is 2.14. The molecule has 0 aliphatic rings. The number of anilines is 2. The fourth-order valence-corrected chi connectivity index (χ4v) is 1.90. The maximum Gasteiger partial charge on any atom is 0.274 e. The number of carbonyl (C=O) groups is 1. The number of nitrogen functional groups attached to an aromatic ring is 1. The number of carbonyl (C=O) groups excluding carboxylic acids is 1. The Morgan fingerprint density at radius 2 is 2.10 bits per heavy atom. The molecule has 0 unspecified atom stereocenters. The lowest BCUT2D eigenvalue weighted by Gasteiger charge is -2.07. The summed E-state index contributed by atoms with van der Waals surface area (Å²) in [5.74, 6) is 4.75. The summed E-state index contributed by atoms with van der Waals surface area (Å²) in [6, 6.07) is 7.13. The van der Waals surface area contributed by atoms with Gasteiger partial charge in [-0.1, -0.05) is 0 Å². The molecule has 2 rings (SSSR count). The highest BCUT2D eigenvalue weighted by Crippen LogP contribution is 2.27. The van der Waals surface area contributed by atoms with E-state index in [4.69, 9.17) is 5.84 Å². The molecular formula is C12H10BrN5O3. The third-order valence-electron chi connectivity index (χ3n) is 2.57. The standard InChI is InChI=1S/C12H10BrN5O3/c13-9-2-1-8(18(20)21)6-10(9)16-12(19)11-5-7(17-14)3-4-15-11/h1-6H,14H2,(H,15,17)(H,16,19). The summed E-state index contributed by atoms with van der Waals surface area (Å²) in [6.45, 7) is 0. The van der Waals surface area contributed by atoms with Gasteiger partial charge in [-0.2, -0.15) is 0 Å². The number of nitrogens with two attached hydrogens (primary N) is 1. The SMILES string of the molecule is NNc1ccnc(C(=O)Nc2cc([N+](=O)[O-])ccc2Br)c1. The van der Waals surface area contributed by atoms with Gasteiger partial charge in [-0.3, -0.25) is 25.7 Å². The van der Waals surface area contributed by atoms with Gasteiger partial charge in [0.2, 0.25) is 0 Å². The van der Waals surface area contributed by atoms with Crippen molar-refractivity contribution in [3.05, 3.63) is 56.8 Å². The summed E-state index contributed by atoms with van der Waals surface area (Å²) < 4.78 is 0.523. The molecule has 0 atom stereocenters. The van der Waals surface area contributed by atoms with Crippen LogP contribution in [-0.4, -0.2) is 15.8 Å². The maximum absolute atomic E-state index is 12.1. The average molecular weight is 352 g/mol. The van der Waals surface area contributed by atoms with Gasteiger partial charge in [0.15, 0.2) is 0 Å². The van der Waals surface area contributed by atoms with Crippen LogP contribution in [0.2, 0.25) is 0 Å². The zero-order chi connectivity index (χ0) is 15.4. The number of nitro benzene ring substituents is 1. The summed E-state index contributed by atoms with van der Waals surface area (Å²) in [7, 11) is 0. The van der Waals surface area contributed by atoms with Crippen molar-refractivity contribution in [1.29, 1.82) is 0 Å². The largest absolute Gasteiger partial charge is 0.324 e. The molecule has 4 N–H and O–H groups in total. The molecule has 0 radical (unpaired) electrons. The highest BCUT2D eigenvalue weighted by atomic mass is 79.9. The highest BCUT2D eigenvalue weighted by molar-refractivity contribution is 9.10. The van der Waals surface area contributed by atoms with Crippen LogP contribution in [0, 0.1) is 10.1 Å². The Morgan fingerprint density at radius 1 is 1.33 bits per heavy atom. The van der Waals surface area contributed by atoms with Crippen LogP contribution in [0.3, 0.4) is 0 Å². The van der Waals surface area contributed by atoms with Crippen LogP contribution in [0.25, 0.3) is 0 Å². The summed E-state index contributed by atoms with van der Waals surface area (Å²) >= 11 is 3.22. The number of amides is 1. The van der Waals surface area contributed by atoms with Gasteiger partial charge < -0.3 is 10.7 Å². The monoisotopic (exact) mass is 351 g/mol. The van der Waals surface area contributed by atoms with Gasteiger partial charge in [-0.05, 0) is 34.1 Å². The molecule has 0 saturated heterocycles. The Morgan fingerprint density at radius 3 is 2.76 bits per heavy atom. The summed E-state index contributed by atoms with van der Waals surface area (Å²) in [5, 5.41) is 13.3. The maximum atomic E-state index is 12.1. The van der Waals surface area contributed by atoms with Crippen LogP contribution in [-0.2, 0) is 0 Å². The second-order valence-electron chi connectivity index (χ2n) is 3.95. The second kappa shape index (κ2) is 6.29. The molecule has 0 fully saturated rings. The zero-order valence-electron chi connectivity index (χ0n) is 10.5. The summed E-state index contributed by atoms with van der Waals surface area (Å²) in [4.78, 5) is 26.2. The van der Waals surface area contributed by atoms with E-state index in [-0.39, 0.29) is 17.1 Å². The summed E-state index contributed by atoms with van der Waals surface area (Å²) in [5.41, 5.74) is 3.21. The van der Waals surface area contributed by atoms with E-state index in [0.717, 1.165) is 0 Å². The van der Waals surface area contributed by atoms with E-state index in [9.17, 15) is 14.9 Å². The number of hydrogen-bond donors (Lipinski definition) is 3. The van der Waals surface area contributed by atoms with Gasteiger partial charge in [0.05, 0.1) is 16.3 Å². The fourth-order valence-electron chi connectivity index (χ4n) is 1.55. The van der Waals surface area contributed by atoms with Crippen LogP contribution in [0.1, 0.15) is 10.5 Å². The van der Waals surface area contributed by atoms with E-state index in [1.165, 1.54) is 30.5 Å². The van der Waals surface area contributed by atoms with Crippen LogP contribution in [0.4, 0.5) is 17.1 Å². The predicted octanol–water partition coefficient (Wildman–Crippen LogP) is 2.29. The van der Waals surface area contributed by atoms with Gasteiger partial charge in [0.25, 0.3) is 11.6 Å². The third-order valence-corrected chi connectivity index (χ3v) is 3.26. The molecule has 21 heavy (non-hydrogen) atoms. The molecule has 0 bridgehead atoms. The molecule has 8 nitrogen and oxygen atoms in total. The number of aromatic nitrogens is 1. The molecule has 1 aromatic heterocycles. The van der Waals surface area contributed by atoms with Crippen molar-refractivity contribution in [2.45, 2.75) is 0 Å². The molecule has 9 heteroatoms. The molecule has 0 aliphatic heterocycles. The lowest BCUT2D eigenvalue weighted by atomic mass is 10.2. The van der Waals surface area contributed by atoms with Gasteiger partial charge in [0, 0.05) is 22.8 Å². The molecule has 1 aromatic carbocycles. The van der Waals surface area contributed by atoms with Gasteiger partial charge in [-0.15, -0.1) is 0 Å². The first-order valence-electron chi connectivity index (χ1n) is 5.69. The molecule has 0 spiro atoms. The Bertz CT molecular complexity index is 707. The van der Waals surface area contributed by atoms with E-state index in [0.29, 0.717) is 10.2 Å². The number of non-ortho nitro benzene ring substituents is 1. The normalized spacial score (nSPS) is 10.0. The van der Waals surface area contributed by atoms with Gasteiger partial charge in [-0.25, -0.2) is 0 Å². The van der Waals surface area contributed by atoms with Crippen molar-refractivity contribution < 1.29 is 9.72 Å². The second-order valence-corrected chi connectivity index (χ2v) is 4.80. The van der Waals surface area contributed by atoms with E-state index in [2.05, 4.69) is 31.7 Å². The van der Waals surface area contributed by atoms with Crippen molar-refractivity contribution in [2.75, 3.05) is 10.7 Å². The minimum absolute atomic E-state index is 0.126. The number of nitrogens with zero attached hydrogens (tertiary/aromatic N) is 2. The third kappa shape index (κ3) is 3.52. The van der Waals surface area contributed by atoms with E-state index in [1.54, 1.807) is 6.07 Å². The van der Waals surface area contributed by atoms with Gasteiger partial charge >= 0.3 is 0 Å². The van der Waals surface area contributed by atoms with Gasteiger partial charge in [0.1, 0.15) is 5.69 Å². The molecule has 0 aliphatic carbocycles. The fraction of sp³-hybridized carbons (Fsp3) is 0. The first kappa shape index (κ1) is 14.9. The van der Waals surface area contributed by atoms with Crippen LogP contribution in [0.5, 0.6) is 0 Å². The smallest absolute Gasteiger partial charge is 0.274 e. The number of halogens is 1. The molecule has 1 heterocycles. The lowest BCUT2D eigenvalue weighted by Crippen LogP contribution is -2.15. The quantitative estimate of drug-likeness (QED) is 0.441. The molecule has 1 amide bonds. The van der Waals surface area contributed by atoms with E-state index in [1.807, 2.05) is 0 Å². The Hall–Kier alpha value is -2.52. The minimum Gasteiger partial charge on any atom is -0.324 e. The number of benzene rings is 1. The molecule has 2 aromatic rings. The van der Waals surface area contributed by atoms with Crippen molar-refractivity contribution in [3.63, 3.8) is 0 Å². The van der Waals surface area contributed by atoms with Crippen LogP contribution < -0.4 is 16.6 Å². The molecule has 0 saturated carbocycles. The minimum atomic E-state index is -0.542. The Balaban J connectivity index is 2.26. The van der Waals surface area contributed by atoms with Crippen molar-refractivity contribution in [3.8, 4) is 0 Å². The Labute approximate surface area is 127 Å². The number of nitrogens with one attached hydrogen (secondary N) is 2. The number of hydrogen-bond acceptors (Lipinski definition) is 6. The number of rotatable bonds is 4. The first-order chi connectivity index (χ1) is 10.0. The number of hydrazine groups is 1. The molecule has 108 valence electrons. The molecular weight excluding hydrogens is 342 g/mol. The number of nitro groups is 1. The number of pyridine rings is 1. The van der Waals surface area contributed by atoms with Crippen molar-refractivity contribution in [1.82, 2.24) is 4.98 Å². The Kier molecular flexibility index (Phi) is 4.45.